The molecule has 32 heavy (non-hydrogen) atoms. The molecule has 3 heterocycles. The first kappa shape index (κ1) is 19.5. The van der Waals surface area contributed by atoms with Gasteiger partial charge in [0.1, 0.15) is 5.75 Å². The average molecular weight is 432 g/mol. The van der Waals surface area contributed by atoms with E-state index in [1.54, 1.807) is 31.3 Å². The number of ether oxygens (including phenoxy) is 1. The van der Waals surface area contributed by atoms with Crippen LogP contribution in [0.4, 0.5) is 33.2 Å². The molecule has 10 heteroatoms. The first-order valence-electron chi connectivity index (χ1n) is 9.72. The monoisotopic (exact) mass is 432 g/mol. The Kier molecular flexibility index (Phi) is 4.86. The number of oxazole rings is 1. The Bertz CT molecular complexity index is 1290. The van der Waals surface area contributed by atoms with Gasteiger partial charge in [0.15, 0.2) is 29.9 Å². The van der Waals surface area contributed by atoms with E-state index in [9.17, 15) is 9.18 Å². The van der Waals surface area contributed by atoms with Crippen LogP contribution in [0, 0.1) is 5.82 Å². The van der Waals surface area contributed by atoms with E-state index in [0.29, 0.717) is 28.6 Å². The fraction of sp³-hybridized carbons (Fsp3) is 0.0909. The van der Waals surface area contributed by atoms with Crippen molar-refractivity contribution >= 4 is 34.7 Å². The zero-order valence-corrected chi connectivity index (χ0v) is 16.8. The second-order valence-electron chi connectivity index (χ2n) is 7.05. The van der Waals surface area contributed by atoms with Crippen LogP contribution in [-0.2, 0) is 4.79 Å². The molecule has 3 N–H and O–H groups in total. The molecule has 0 fully saturated rings. The van der Waals surface area contributed by atoms with Gasteiger partial charge in [0.25, 0.3) is 5.91 Å². The summed E-state index contributed by atoms with van der Waals surface area (Å²) in [7, 11) is 0. The van der Waals surface area contributed by atoms with Crippen LogP contribution in [0.5, 0.6) is 5.75 Å². The van der Waals surface area contributed by atoms with E-state index in [4.69, 9.17) is 9.15 Å². The van der Waals surface area contributed by atoms with Crippen molar-refractivity contribution in [2.75, 3.05) is 16.0 Å². The summed E-state index contributed by atoms with van der Waals surface area (Å²) in [5.74, 6) is 0.463. The minimum atomic E-state index is -0.627. The highest BCUT2D eigenvalue weighted by Gasteiger charge is 2.23. The SMILES string of the molecule is C[C@@H]1Oc2ccc(Nc3nc(Nc4cccc(-c5cnco5)c4)ncc3F)cc2NC1=O. The van der Waals surface area contributed by atoms with E-state index in [-0.39, 0.29) is 17.7 Å². The van der Waals surface area contributed by atoms with Gasteiger partial charge in [0.2, 0.25) is 5.95 Å². The smallest absolute Gasteiger partial charge is 0.265 e. The maximum atomic E-state index is 14.4. The lowest BCUT2D eigenvalue weighted by atomic mass is 10.1. The van der Waals surface area contributed by atoms with Crippen LogP contribution in [0.25, 0.3) is 11.3 Å². The number of halogens is 1. The maximum absolute atomic E-state index is 14.4. The van der Waals surface area contributed by atoms with Crippen LogP contribution in [0.2, 0.25) is 0 Å². The molecule has 2 aromatic carbocycles. The Morgan fingerprint density at radius 2 is 1.97 bits per heavy atom. The van der Waals surface area contributed by atoms with E-state index in [1.807, 2.05) is 24.3 Å². The van der Waals surface area contributed by atoms with Gasteiger partial charge in [-0.1, -0.05) is 12.1 Å². The van der Waals surface area contributed by atoms with Gasteiger partial charge in [-0.15, -0.1) is 0 Å². The minimum absolute atomic E-state index is 0.0229. The second kappa shape index (κ2) is 7.99. The van der Waals surface area contributed by atoms with Crippen LogP contribution in [0.3, 0.4) is 0 Å². The predicted octanol–water partition coefficient (Wildman–Crippen LogP) is 4.48. The van der Waals surface area contributed by atoms with Crippen molar-refractivity contribution < 1.29 is 18.3 Å². The number of fused-ring (bicyclic) bond motifs is 1. The second-order valence-corrected chi connectivity index (χ2v) is 7.05. The molecule has 0 radical (unpaired) electrons. The lowest BCUT2D eigenvalue weighted by molar-refractivity contribution is -0.122. The molecule has 4 aromatic rings. The van der Waals surface area contributed by atoms with E-state index in [1.165, 1.54) is 6.39 Å². The zero-order chi connectivity index (χ0) is 22.1. The van der Waals surface area contributed by atoms with Gasteiger partial charge < -0.3 is 25.1 Å². The Balaban J connectivity index is 1.36. The topological polar surface area (TPSA) is 114 Å². The van der Waals surface area contributed by atoms with Crippen LogP contribution >= 0.6 is 0 Å². The van der Waals surface area contributed by atoms with Gasteiger partial charge in [0, 0.05) is 16.9 Å². The molecule has 1 aliphatic rings. The Morgan fingerprint density at radius 1 is 1.09 bits per heavy atom. The molecule has 9 nitrogen and oxygen atoms in total. The van der Waals surface area contributed by atoms with Crippen LogP contribution < -0.4 is 20.7 Å². The number of rotatable bonds is 5. The summed E-state index contributed by atoms with van der Waals surface area (Å²) in [6, 6.07) is 12.4. The van der Waals surface area contributed by atoms with Crippen molar-refractivity contribution in [2.45, 2.75) is 13.0 Å². The normalized spacial score (nSPS) is 14.8. The number of carbonyl (C=O) groups excluding carboxylic acids is 1. The molecule has 1 aliphatic heterocycles. The molecular formula is C22H17FN6O3. The van der Waals surface area contributed by atoms with E-state index in [2.05, 4.69) is 30.9 Å². The molecular weight excluding hydrogens is 415 g/mol. The molecule has 0 spiro atoms. The number of carbonyl (C=O) groups is 1. The average Bonchev–Trinajstić information content (AvgIpc) is 3.32. The summed E-state index contributed by atoms with van der Waals surface area (Å²) < 4.78 is 25.2. The summed E-state index contributed by atoms with van der Waals surface area (Å²) in [4.78, 5) is 24.0. The summed E-state index contributed by atoms with van der Waals surface area (Å²) in [5.41, 5.74) is 2.54. The van der Waals surface area contributed by atoms with Gasteiger partial charge in [0.05, 0.1) is 18.1 Å². The summed E-state index contributed by atoms with van der Waals surface area (Å²) in [6.45, 7) is 1.66. The van der Waals surface area contributed by atoms with Crippen molar-refractivity contribution in [1.29, 1.82) is 0 Å². The number of amides is 1. The lowest BCUT2D eigenvalue weighted by Crippen LogP contribution is -2.34. The van der Waals surface area contributed by atoms with Gasteiger partial charge in [-0.3, -0.25) is 4.79 Å². The van der Waals surface area contributed by atoms with Crippen molar-refractivity contribution in [3.05, 3.63) is 67.1 Å². The highest BCUT2D eigenvalue weighted by Crippen LogP contribution is 2.33. The third-order valence-electron chi connectivity index (χ3n) is 4.75. The summed E-state index contributed by atoms with van der Waals surface area (Å²) in [5, 5.41) is 8.72. The number of nitrogens with zero attached hydrogens (tertiary/aromatic N) is 3. The molecule has 2 aromatic heterocycles. The molecule has 0 bridgehead atoms. The van der Waals surface area contributed by atoms with Gasteiger partial charge in [-0.25, -0.2) is 14.4 Å². The Labute approximate surface area is 181 Å². The number of benzene rings is 2. The number of hydrogen-bond acceptors (Lipinski definition) is 8. The quantitative estimate of drug-likeness (QED) is 0.423. The molecule has 0 unspecified atom stereocenters. The molecule has 5 rings (SSSR count). The zero-order valence-electron chi connectivity index (χ0n) is 16.8. The molecule has 160 valence electrons. The Hall–Kier alpha value is -4.47. The van der Waals surface area contributed by atoms with Crippen molar-refractivity contribution in [3.63, 3.8) is 0 Å². The van der Waals surface area contributed by atoms with E-state index >= 15 is 0 Å². The van der Waals surface area contributed by atoms with E-state index in [0.717, 1.165) is 11.8 Å². The van der Waals surface area contributed by atoms with Crippen molar-refractivity contribution in [2.24, 2.45) is 0 Å². The summed E-state index contributed by atoms with van der Waals surface area (Å²) in [6.07, 6.45) is 3.47. The molecule has 0 aliphatic carbocycles. The molecule has 0 saturated carbocycles. The van der Waals surface area contributed by atoms with Crippen LogP contribution in [-0.4, -0.2) is 27.0 Å². The number of nitrogens with one attached hydrogen (secondary N) is 3. The van der Waals surface area contributed by atoms with E-state index < -0.39 is 11.9 Å². The number of anilines is 5. The largest absolute Gasteiger partial charge is 0.479 e. The number of hydrogen-bond donors (Lipinski definition) is 3. The first-order valence-corrected chi connectivity index (χ1v) is 9.72. The van der Waals surface area contributed by atoms with Gasteiger partial charge in [-0.05, 0) is 37.3 Å². The van der Waals surface area contributed by atoms with Crippen molar-refractivity contribution in [3.8, 4) is 17.1 Å². The predicted molar refractivity (Wildman–Crippen MR) is 116 cm³/mol. The van der Waals surface area contributed by atoms with Gasteiger partial charge >= 0.3 is 0 Å². The minimum Gasteiger partial charge on any atom is -0.479 e. The summed E-state index contributed by atoms with van der Waals surface area (Å²) >= 11 is 0. The fourth-order valence-electron chi connectivity index (χ4n) is 3.18. The Morgan fingerprint density at radius 3 is 2.81 bits per heavy atom. The molecule has 1 atom stereocenters. The fourth-order valence-corrected chi connectivity index (χ4v) is 3.18. The van der Waals surface area contributed by atoms with Crippen LogP contribution in [0.15, 0.2) is 65.7 Å². The maximum Gasteiger partial charge on any atom is 0.265 e. The third-order valence-corrected chi connectivity index (χ3v) is 4.75. The third kappa shape index (κ3) is 3.93. The van der Waals surface area contributed by atoms with Crippen LogP contribution in [0.1, 0.15) is 6.92 Å². The van der Waals surface area contributed by atoms with Crippen molar-refractivity contribution in [1.82, 2.24) is 15.0 Å². The highest BCUT2D eigenvalue weighted by molar-refractivity contribution is 5.98. The standard InChI is InChI=1S/C22H17FN6O3/c1-12-21(30)28-17-8-15(5-6-18(17)32-12)26-20-16(23)9-25-22(29-20)27-14-4-2-3-13(7-14)19-10-24-11-31-19/h2-12H,1H3,(H,28,30)(H2,25,26,27,29)/t12-/m0/s1. The molecule has 1 amide bonds. The highest BCUT2D eigenvalue weighted by atomic mass is 19.1. The van der Waals surface area contributed by atoms with Gasteiger partial charge in [-0.2, -0.15) is 4.98 Å². The lowest BCUT2D eigenvalue weighted by Gasteiger charge is -2.23. The first-order chi connectivity index (χ1) is 15.5. The molecule has 0 saturated heterocycles. The number of aromatic nitrogens is 3.